The molecule has 3 heteroatoms. The maximum Gasteiger partial charge on any atom is 0.0481 e. The fourth-order valence-electron chi connectivity index (χ4n) is 4.59. The Kier molecular flexibility index (Phi) is 5.45. The Labute approximate surface area is 151 Å². The highest BCUT2D eigenvalue weighted by molar-refractivity contribution is 7.60. The molecule has 0 spiro atoms. The molecule has 0 aliphatic carbocycles. The van der Waals surface area contributed by atoms with Gasteiger partial charge in [0.1, 0.15) is 0 Å². The largest absolute Gasteiger partial charge is 0.257 e. The third kappa shape index (κ3) is 3.88. The average molecular weight is 363 g/mol. The SMILES string of the molecule is CC(C)(C)[P@]1CCC[C@@H]1c1cccc([C@H]2CCC[P@@]2C(C)(C)C)n1. The predicted octanol–water partition coefficient (Wildman–Crippen LogP) is 7.31. The normalized spacial score (nSPS) is 31.6. The van der Waals surface area contributed by atoms with Gasteiger partial charge in [-0.1, -0.05) is 63.5 Å². The Morgan fingerprint density at radius 2 is 1.21 bits per heavy atom. The minimum absolute atomic E-state index is 0.0587. The lowest BCUT2D eigenvalue weighted by molar-refractivity contribution is 0.736. The Bertz CT molecular complexity index is 523. The van der Waals surface area contributed by atoms with E-state index < -0.39 is 0 Å². The topological polar surface area (TPSA) is 12.9 Å². The van der Waals surface area contributed by atoms with Crippen LogP contribution in [0.25, 0.3) is 0 Å². The first-order valence-electron chi connectivity index (χ1n) is 9.68. The van der Waals surface area contributed by atoms with Crippen molar-refractivity contribution in [3.05, 3.63) is 29.6 Å². The van der Waals surface area contributed by atoms with E-state index >= 15 is 0 Å². The second-order valence-corrected chi connectivity index (χ2v) is 16.2. The molecule has 0 bridgehead atoms. The van der Waals surface area contributed by atoms with Crippen LogP contribution >= 0.6 is 15.8 Å². The summed E-state index contributed by atoms with van der Waals surface area (Å²) in [7, 11) is 0.117. The van der Waals surface area contributed by atoms with Crippen molar-refractivity contribution in [2.45, 2.75) is 88.9 Å². The lowest BCUT2D eigenvalue weighted by Gasteiger charge is -2.34. The van der Waals surface area contributed by atoms with Gasteiger partial charge in [-0.15, -0.1) is 0 Å². The van der Waals surface area contributed by atoms with E-state index in [2.05, 4.69) is 59.7 Å². The van der Waals surface area contributed by atoms with Crippen LogP contribution in [0.15, 0.2) is 18.2 Å². The molecule has 3 rings (SSSR count). The summed E-state index contributed by atoms with van der Waals surface area (Å²) in [6, 6.07) is 6.96. The molecule has 0 saturated carbocycles. The Morgan fingerprint density at radius 3 is 1.58 bits per heavy atom. The summed E-state index contributed by atoms with van der Waals surface area (Å²) in [4.78, 5) is 5.30. The molecule has 0 unspecified atom stereocenters. The Hall–Kier alpha value is 0.01000. The molecule has 2 aliphatic rings. The van der Waals surface area contributed by atoms with Crippen LogP contribution in [-0.2, 0) is 0 Å². The van der Waals surface area contributed by atoms with Crippen molar-refractivity contribution in [1.29, 1.82) is 0 Å². The van der Waals surface area contributed by atoms with Gasteiger partial charge >= 0.3 is 0 Å². The van der Waals surface area contributed by atoms with Gasteiger partial charge in [0.05, 0.1) is 0 Å². The standard InChI is InChI=1S/C21H35NP2/c1-20(2,3)23-14-8-12-18(23)16-10-7-11-17(22-16)19-13-9-15-24(19)21(4,5)6/h7,10-11,18-19H,8-9,12-15H2,1-6H3/t18-,19-,23-,24-/m1/s1. The fraction of sp³-hybridized carbons (Fsp3) is 0.762. The molecule has 0 radical (unpaired) electrons. The van der Waals surface area contributed by atoms with Crippen molar-refractivity contribution in [1.82, 2.24) is 4.98 Å². The van der Waals surface area contributed by atoms with E-state index in [-0.39, 0.29) is 15.8 Å². The van der Waals surface area contributed by atoms with E-state index in [1.54, 1.807) is 0 Å². The molecule has 2 fully saturated rings. The van der Waals surface area contributed by atoms with Crippen LogP contribution in [-0.4, -0.2) is 27.6 Å². The molecule has 1 aromatic heterocycles. The van der Waals surface area contributed by atoms with Crippen molar-refractivity contribution in [2.75, 3.05) is 12.3 Å². The lowest BCUT2D eigenvalue weighted by atomic mass is 10.1. The summed E-state index contributed by atoms with van der Waals surface area (Å²) in [5, 5.41) is 0.916. The zero-order chi connectivity index (χ0) is 17.5. The molecule has 134 valence electrons. The van der Waals surface area contributed by atoms with Crippen molar-refractivity contribution < 1.29 is 0 Å². The fourth-order valence-corrected chi connectivity index (χ4v) is 11.4. The van der Waals surface area contributed by atoms with Crippen LogP contribution in [0.4, 0.5) is 0 Å². The van der Waals surface area contributed by atoms with Crippen LogP contribution in [0.3, 0.4) is 0 Å². The van der Waals surface area contributed by atoms with Gasteiger partial charge in [-0.3, -0.25) is 4.98 Å². The number of nitrogens with zero attached hydrogens (tertiary/aromatic N) is 1. The molecular weight excluding hydrogens is 328 g/mol. The van der Waals surface area contributed by atoms with Gasteiger partial charge in [0.15, 0.2) is 0 Å². The molecule has 0 amide bonds. The highest BCUT2D eigenvalue weighted by atomic mass is 31.1. The van der Waals surface area contributed by atoms with Crippen LogP contribution in [0, 0.1) is 0 Å². The summed E-state index contributed by atoms with van der Waals surface area (Å²) in [5.74, 6) is 0. The first-order valence-corrected chi connectivity index (χ1v) is 12.9. The van der Waals surface area contributed by atoms with Gasteiger partial charge in [0, 0.05) is 22.7 Å². The highest BCUT2D eigenvalue weighted by Crippen LogP contribution is 2.68. The van der Waals surface area contributed by atoms with Crippen molar-refractivity contribution >= 4 is 15.8 Å². The third-order valence-corrected chi connectivity index (χ3v) is 13.3. The Balaban J connectivity index is 1.87. The third-order valence-electron chi connectivity index (χ3n) is 5.70. The number of aromatic nitrogens is 1. The molecule has 0 N–H and O–H groups in total. The van der Waals surface area contributed by atoms with Gasteiger partial charge in [-0.25, -0.2) is 0 Å². The second kappa shape index (κ2) is 6.96. The zero-order valence-electron chi connectivity index (χ0n) is 16.5. The van der Waals surface area contributed by atoms with Crippen LogP contribution < -0.4 is 0 Å². The Morgan fingerprint density at radius 1 is 0.792 bits per heavy atom. The first-order chi connectivity index (χ1) is 11.2. The highest BCUT2D eigenvalue weighted by Gasteiger charge is 2.39. The molecule has 1 aromatic rings. The first kappa shape index (κ1) is 18.8. The van der Waals surface area contributed by atoms with Crippen molar-refractivity contribution in [2.24, 2.45) is 0 Å². The van der Waals surface area contributed by atoms with Gasteiger partial charge in [-0.2, -0.15) is 0 Å². The summed E-state index contributed by atoms with van der Waals surface area (Å²) >= 11 is 0. The summed E-state index contributed by atoms with van der Waals surface area (Å²) in [5.41, 5.74) is 4.31. The van der Waals surface area contributed by atoms with Gasteiger partial charge in [0.2, 0.25) is 0 Å². The lowest BCUT2D eigenvalue weighted by Crippen LogP contribution is -2.16. The number of pyridine rings is 1. The van der Waals surface area contributed by atoms with E-state index in [0.29, 0.717) is 10.3 Å². The molecule has 1 nitrogen and oxygen atoms in total. The van der Waals surface area contributed by atoms with E-state index in [9.17, 15) is 0 Å². The van der Waals surface area contributed by atoms with E-state index in [1.807, 2.05) is 0 Å². The number of hydrogen-bond donors (Lipinski definition) is 0. The van der Waals surface area contributed by atoms with Crippen LogP contribution in [0.1, 0.15) is 89.9 Å². The second-order valence-electron chi connectivity index (χ2n) is 9.53. The molecule has 2 saturated heterocycles. The minimum atomic E-state index is 0.0587. The van der Waals surface area contributed by atoms with E-state index in [0.717, 1.165) is 11.3 Å². The monoisotopic (exact) mass is 363 g/mol. The van der Waals surface area contributed by atoms with Gasteiger partial charge < -0.3 is 0 Å². The van der Waals surface area contributed by atoms with Gasteiger partial charge in [0.25, 0.3) is 0 Å². The van der Waals surface area contributed by atoms with Gasteiger partial charge in [-0.05, 0) is 60.5 Å². The number of hydrogen-bond acceptors (Lipinski definition) is 1. The van der Waals surface area contributed by atoms with Crippen LogP contribution in [0.5, 0.6) is 0 Å². The summed E-state index contributed by atoms with van der Waals surface area (Å²) in [6.45, 7) is 14.6. The summed E-state index contributed by atoms with van der Waals surface area (Å²) < 4.78 is 0. The predicted molar refractivity (Wildman–Crippen MR) is 111 cm³/mol. The smallest absolute Gasteiger partial charge is 0.0481 e. The van der Waals surface area contributed by atoms with E-state index in [1.165, 1.54) is 49.4 Å². The van der Waals surface area contributed by atoms with E-state index in [4.69, 9.17) is 4.98 Å². The quantitative estimate of drug-likeness (QED) is 0.502. The molecule has 0 aromatic carbocycles. The minimum Gasteiger partial charge on any atom is -0.257 e. The summed E-state index contributed by atoms with van der Waals surface area (Å²) in [6.07, 6.45) is 8.40. The maximum atomic E-state index is 5.30. The maximum absolute atomic E-state index is 5.30. The molecule has 2 aliphatic heterocycles. The molecular formula is C21H35NP2. The van der Waals surface area contributed by atoms with Crippen molar-refractivity contribution in [3.63, 3.8) is 0 Å². The molecule has 4 atom stereocenters. The molecule has 24 heavy (non-hydrogen) atoms. The number of rotatable bonds is 2. The van der Waals surface area contributed by atoms with Crippen molar-refractivity contribution in [3.8, 4) is 0 Å². The molecule has 3 heterocycles. The average Bonchev–Trinajstić information content (AvgIpc) is 3.15. The van der Waals surface area contributed by atoms with Crippen LogP contribution in [0.2, 0.25) is 0 Å². The zero-order valence-corrected chi connectivity index (χ0v) is 18.3.